The number of pyridine rings is 1. The van der Waals surface area contributed by atoms with Crippen LogP contribution >= 0.6 is 11.8 Å². The van der Waals surface area contributed by atoms with Crippen molar-refractivity contribution in [3.63, 3.8) is 0 Å². The molecule has 3 heterocycles. The van der Waals surface area contributed by atoms with Gasteiger partial charge >= 0.3 is 0 Å². The Morgan fingerprint density at radius 3 is 3.00 bits per heavy atom. The number of nitrogens with one attached hydrogen (secondary N) is 1. The van der Waals surface area contributed by atoms with Crippen LogP contribution in [0.4, 0.5) is 0 Å². The van der Waals surface area contributed by atoms with E-state index in [1.54, 1.807) is 11.8 Å². The van der Waals surface area contributed by atoms with Crippen molar-refractivity contribution in [1.29, 1.82) is 0 Å². The third-order valence-electron chi connectivity index (χ3n) is 4.32. The van der Waals surface area contributed by atoms with E-state index in [9.17, 15) is 0 Å². The van der Waals surface area contributed by atoms with Crippen molar-refractivity contribution < 1.29 is 4.52 Å². The normalized spacial score (nSPS) is 13.8. The summed E-state index contributed by atoms with van der Waals surface area (Å²) >= 11 is 1.67. The van der Waals surface area contributed by atoms with Crippen molar-refractivity contribution >= 4 is 11.8 Å². The zero-order chi connectivity index (χ0) is 16.5. The van der Waals surface area contributed by atoms with Crippen molar-refractivity contribution in [2.24, 2.45) is 0 Å². The molecule has 5 nitrogen and oxygen atoms in total. The van der Waals surface area contributed by atoms with Crippen molar-refractivity contribution in [3.05, 3.63) is 47.3 Å². The Labute approximate surface area is 144 Å². The Bertz CT molecular complexity index is 890. The van der Waals surface area contributed by atoms with Crippen LogP contribution in [0.1, 0.15) is 16.8 Å². The second kappa shape index (κ2) is 6.37. The standard InChI is InChI=1S/C18H18N4OS/c1-11-16(13-7-8-19-9-12(13)10-20-11)17-21-18(23-22-17)14-5-3-4-6-15(14)24-2/h3-6,10,19H,7-9H2,1-2H3. The summed E-state index contributed by atoms with van der Waals surface area (Å²) in [6.45, 7) is 3.81. The predicted molar refractivity (Wildman–Crippen MR) is 94.9 cm³/mol. The first-order valence-electron chi connectivity index (χ1n) is 7.93. The van der Waals surface area contributed by atoms with Crippen LogP contribution in [0.15, 0.2) is 39.9 Å². The molecule has 0 saturated heterocycles. The average molecular weight is 338 g/mol. The van der Waals surface area contributed by atoms with Crippen LogP contribution < -0.4 is 5.32 Å². The summed E-state index contributed by atoms with van der Waals surface area (Å²) in [4.78, 5) is 10.3. The van der Waals surface area contributed by atoms with E-state index in [1.807, 2.05) is 37.6 Å². The number of aromatic nitrogens is 3. The minimum absolute atomic E-state index is 0.556. The van der Waals surface area contributed by atoms with Gasteiger partial charge in [-0.1, -0.05) is 17.3 Å². The van der Waals surface area contributed by atoms with Gasteiger partial charge in [0, 0.05) is 28.9 Å². The van der Waals surface area contributed by atoms with Crippen LogP contribution in [0.25, 0.3) is 22.8 Å². The van der Waals surface area contributed by atoms with E-state index < -0.39 is 0 Å². The molecule has 3 aromatic rings. The molecule has 1 N–H and O–H groups in total. The smallest absolute Gasteiger partial charge is 0.259 e. The number of fused-ring (bicyclic) bond motifs is 1. The fourth-order valence-electron chi connectivity index (χ4n) is 3.12. The summed E-state index contributed by atoms with van der Waals surface area (Å²) in [5.74, 6) is 1.19. The van der Waals surface area contributed by atoms with Gasteiger partial charge in [-0.15, -0.1) is 11.8 Å². The Morgan fingerprint density at radius 2 is 2.12 bits per heavy atom. The van der Waals surface area contributed by atoms with Crippen LogP contribution in [0.5, 0.6) is 0 Å². The van der Waals surface area contributed by atoms with E-state index in [1.165, 1.54) is 11.1 Å². The van der Waals surface area contributed by atoms with Crippen LogP contribution in [-0.4, -0.2) is 27.9 Å². The molecule has 0 atom stereocenters. The summed E-state index contributed by atoms with van der Waals surface area (Å²) in [7, 11) is 0. The summed E-state index contributed by atoms with van der Waals surface area (Å²) in [5, 5.41) is 7.63. The predicted octanol–water partition coefficient (Wildman–Crippen LogP) is 3.47. The van der Waals surface area contributed by atoms with Crippen molar-refractivity contribution in [1.82, 2.24) is 20.4 Å². The third kappa shape index (κ3) is 2.61. The molecule has 0 aliphatic carbocycles. The Hall–Kier alpha value is -2.18. The first-order chi connectivity index (χ1) is 11.8. The summed E-state index contributed by atoms with van der Waals surface area (Å²) in [6, 6.07) is 8.08. The molecule has 2 aromatic heterocycles. The molecular formula is C18H18N4OS. The number of benzene rings is 1. The lowest BCUT2D eigenvalue weighted by atomic mass is 9.95. The lowest BCUT2D eigenvalue weighted by molar-refractivity contribution is 0.431. The highest BCUT2D eigenvalue weighted by molar-refractivity contribution is 7.98. The summed E-state index contributed by atoms with van der Waals surface area (Å²) in [6.07, 6.45) is 4.95. The minimum atomic E-state index is 0.556. The maximum absolute atomic E-state index is 5.58. The molecule has 0 fully saturated rings. The molecule has 0 radical (unpaired) electrons. The fourth-order valence-corrected chi connectivity index (χ4v) is 3.71. The Morgan fingerprint density at radius 1 is 1.25 bits per heavy atom. The molecule has 0 bridgehead atoms. The lowest BCUT2D eigenvalue weighted by Gasteiger charge is -2.19. The molecule has 0 saturated carbocycles. The van der Waals surface area contributed by atoms with Crippen LogP contribution in [-0.2, 0) is 13.0 Å². The van der Waals surface area contributed by atoms with Crippen LogP contribution in [0, 0.1) is 6.92 Å². The quantitative estimate of drug-likeness (QED) is 0.738. The number of hydrogen-bond donors (Lipinski definition) is 1. The number of thioether (sulfide) groups is 1. The van der Waals surface area contributed by atoms with E-state index >= 15 is 0 Å². The lowest BCUT2D eigenvalue weighted by Crippen LogP contribution is -2.24. The van der Waals surface area contributed by atoms with Crippen LogP contribution in [0.3, 0.4) is 0 Å². The fraction of sp³-hybridized carbons (Fsp3) is 0.278. The monoisotopic (exact) mass is 338 g/mol. The second-order valence-corrected chi connectivity index (χ2v) is 6.62. The van der Waals surface area contributed by atoms with E-state index in [-0.39, 0.29) is 0 Å². The maximum atomic E-state index is 5.58. The van der Waals surface area contributed by atoms with E-state index in [4.69, 9.17) is 4.52 Å². The Balaban J connectivity index is 1.82. The van der Waals surface area contributed by atoms with Crippen molar-refractivity contribution in [3.8, 4) is 22.8 Å². The van der Waals surface area contributed by atoms with Crippen molar-refractivity contribution in [2.45, 2.75) is 24.8 Å². The maximum Gasteiger partial charge on any atom is 0.259 e. The molecular weight excluding hydrogens is 320 g/mol. The zero-order valence-electron chi connectivity index (χ0n) is 13.7. The van der Waals surface area contributed by atoms with Crippen LogP contribution in [0.2, 0.25) is 0 Å². The first-order valence-corrected chi connectivity index (χ1v) is 9.16. The third-order valence-corrected chi connectivity index (χ3v) is 5.12. The molecule has 0 unspecified atom stereocenters. The van der Waals surface area contributed by atoms with Gasteiger partial charge in [-0.2, -0.15) is 4.98 Å². The number of nitrogens with zero attached hydrogens (tertiary/aromatic N) is 3. The topological polar surface area (TPSA) is 63.8 Å². The van der Waals surface area contributed by atoms with Crippen molar-refractivity contribution in [2.75, 3.05) is 12.8 Å². The summed E-state index contributed by atoms with van der Waals surface area (Å²) < 4.78 is 5.58. The van der Waals surface area contributed by atoms with Gasteiger partial charge in [0.1, 0.15) is 0 Å². The highest BCUT2D eigenvalue weighted by Gasteiger charge is 2.21. The van der Waals surface area contributed by atoms with E-state index in [2.05, 4.69) is 26.5 Å². The molecule has 24 heavy (non-hydrogen) atoms. The second-order valence-electron chi connectivity index (χ2n) is 5.77. The van der Waals surface area contributed by atoms with Gasteiger partial charge in [-0.05, 0) is 49.4 Å². The van der Waals surface area contributed by atoms with Gasteiger partial charge < -0.3 is 9.84 Å². The molecule has 1 aromatic carbocycles. The van der Waals surface area contributed by atoms with Gasteiger partial charge in [0.2, 0.25) is 5.82 Å². The SMILES string of the molecule is CSc1ccccc1-c1nc(-c2c(C)ncc3c2CCNC3)no1. The highest BCUT2D eigenvalue weighted by Crippen LogP contribution is 2.33. The largest absolute Gasteiger partial charge is 0.334 e. The molecule has 0 spiro atoms. The number of aryl methyl sites for hydroxylation is 1. The molecule has 122 valence electrons. The van der Waals surface area contributed by atoms with Gasteiger partial charge in [-0.3, -0.25) is 4.98 Å². The average Bonchev–Trinajstić information content (AvgIpc) is 3.11. The van der Waals surface area contributed by atoms with Gasteiger partial charge in [0.25, 0.3) is 5.89 Å². The van der Waals surface area contributed by atoms with E-state index in [0.717, 1.165) is 41.2 Å². The molecule has 1 aliphatic heterocycles. The molecule has 6 heteroatoms. The van der Waals surface area contributed by atoms with Gasteiger partial charge in [0.05, 0.1) is 5.56 Å². The number of hydrogen-bond acceptors (Lipinski definition) is 6. The molecule has 1 aliphatic rings. The molecule has 4 rings (SSSR count). The van der Waals surface area contributed by atoms with Gasteiger partial charge in [0.15, 0.2) is 0 Å². The molecule has 0 amide bonds. The van der Waals surface area contributed by atoms with Gasteiger partial charge in [-0.25, -0.2) is 0 Å². The first kappa shape index (κ1) is 15.4. The zero-order valence-corrected chi connectivity index (χ0v) is 14.5. The highest BCUT2D eigenvalue weighted by atomic mass is 32.2. The summed E-state index contributed by atoms with van der Waals surface area (Å²) in [5.41, 5.74) is 5.44. The Kier molecular flexibility index (Phi) is 4.08. The minimum Gasteiger partial charge on any atom is -0.334 e. The number of rotatable bonds is 3. The van der Waals surface area contributed by atoms with E-state index in [0.29, 0.717) is 11.7 Å².